The predicted octanol–water partition coefficient (Wildman–Crippen LogP) is 2.42. The number of benzene rings is 1. The zero-order valence-corrected chi connectivity index (χ0v) is 12.6. The zero-order chi connectivity index (χ0) is 15.5. The van der Waals surface area contributed by atoms with Crippen molar-refractivity contribution in [2.75, 3.05) is 6.61 Å². The zero-order valence-electron chi connectivity index (χ0n) is 12.6. The lowest BCUT2D eigenvalue weighted by atomic mass is 9.96. The number of hydrogen-bond donors (Lipinski definition) is 2. The van der Waals surface area contributed by atoms with E-state index in [9.17, 15) is 4.79 Å². The SMILES string of the molecule is CCCOc1cccc(-c2cc(C(C)(C)N)c(=O)[nH]n2)c1. The second kappa shape index (κ2) is 6.10. The number of ether oxygens (including phenoxy) is 1. The molecule has 5 heteroatoms. The standard InChI is InChI=1S/C16H21N3O2/c1-4-8-21-12-7-5-6-11(9-12)14-10-13(16(2,3)17)15(20)19-18-14/h5-7,9-10H,4,8,17H2,1-3H3,(H,19,20). The minimum Gasteiger partial charge on any atom is -0.494 e. The van der Waals surface area contributed by atoms with Crippen molar-refractivity contribution < 1.29 is 4.74 Å². The van der Waals surface area contributed by atoms with Crippen molar-refractivity contribution in [1.29, 1.82) is 0 Å². The van der Waals surface area contributed by atoms with E-state index in [0.29, 0.717) is 17.9 Å². The molecule has 0 saturated carbocycles. The molecule has 5 nitrogen and oxygen atoms in total. The topological polar surface area (TPSA) is 81.0 Å². The Labute approximate surface area is 124 Å². The van der Waals surface area contributed by atoms with E-state index in [1.54, 1.807) is 19.9 Å². The van der Waals surface area contributed by atoms with Gasteiger partial charge in [-0.15, -0.1) is 0 Å². The van der Waals surface area contributed by atoms with Crippen molar-refractivity contribution in [1.82, 2.24) is 10.2 Å². The Morgan fingerprint density at radius 3 is 2.76 bits per heavy atom. The molecule has 0 atom stereocenters. The summed E-state index contributed by atoms with van der Waals surface area (Å²) in [5.41, 5.74) is 7.11. The van der Waals surface area contributed by atoms with Crippen LogP contribution >= 0.6 is 0 Å². The van der Waals surface area contributed by atoms with Crippen LogP contribution in [0.5, 0.6) is 5.75 Å². The lowest BCUT2D eigenvalue weighted by Crippen LogP contribution is -2.35. The first-order valence-corrected chi connectivity index (χ1v) is 7.04. The summed E-state index contributed by atoms with van der Waals surface area (Å²) < 4.78 is 5.61. The molecule has 0 aliphatic heterocycles. The van der Waals surface area contributed by atoms with Gasteiger partial charge in [-0.05, 0) is 38.5 Å². The van der Waals surface area contributed by atoms with Gasteiger partial charge < -0.3 is 10.5 Å². The third-order valence-electron chi connectivity index (χ3n) is 3.10. The van der Waals surface area contributed by atoms with E-state index in [-0.39, 0.29) is 5.56 Å². The maximum absolute atomic E-state index is 11.8. The average molecular weight is 287 g/mol. The maximum Gasteiger partial charge on any atom is 0.269 e. The van der Waals surface area contributed by atoms with Gasteiger partial charge in [0.15, 0.2) is 0 Å². The van der Waals surface area contributed by atoms with Gasteiger partial charge in [-0.2, -0.15) is 5.10 Å². The minimum atomic E-state index is -0.721. The third kappa shape index (κ3) is 3.70. The molecule has 1 heterocycles. The van der Waals surface area contributed by atoms with Gasteiger partial charge in [-0.3, -0.25) is 4.79 Å². The van der Waals surface area contributed by atoms with Crippen molar-refractivity contribution in [3.63, 3.8) is 0 Å². The number of H-pyrrole nitrogens is 1. The van der Waals surface area contributed by atoms with Gasteiger partial charge >= 0.3 is 0 Å². The number of nitrogens with zero attached hydrogens (tertiary/aromatic N) is 1. The Balaban J connectivity index is 2.41. The Morgan fingerprint density at radius 1 is 1.33 bits per heavy atom. The number of hydrogen-bond acceptors (Lipinski definition) is 4. The highest BCUT2D eigenvalue weighted by molar-refractivity contribution is 5.61. The number of nitrogens with two attached hydrogens (primary N) is 1. The van der Waals surface area contributed by atoms with E-state index >= 15 is 0 Å². The van der Waals surface area contributed by atoms with E-state index in [2.05, 4.69) is 17.1 Å². The number of aromatic amines is 1. The highest BCUT2D eigenvalue weighted by Gasteiger charge is 2.19. The van der Waals surface area contributed by atoms with Gasteiger partial charge in [0.05, 0.1) is 12.3 Å². The summed E-state index contributed by atoms with van der Waals surface area (Å²) in [5.74, 6) is 0.788. The molecule has 1 aromatic heterocycles. The summed E-state index contributed by atoms with van der Waals surface area (Å²) in [6.07, 6.45) is 0.951. The molecule has 0 radical (unpaired) electrons. The Kier molecular flexibility index (Phi) is 4.43. The van der Waals surface area contributed by atoms with Crippen LogP contribution in [0.3, 0.4) is 0 Å². The quantitative estimate of drug-likeness (QED) is 0.885. The van der Waals surface area contributed by atoms with Crippen molar-refractivity contribution in [2.45, 2.75) is 32.7 Å². The fourth-order valence-electron chi connectivity index (χ4n) is 2.00. The summed E-state index contributed by atoms with van der Waals surface area (Å²) in [4.78, 5) is 11.8. The fraction of sp³-hybridized carbons (Fsp3) is 0.375. The van der Waals surface area contributed by atoms with Crippen LogP contribution in [0.4, 0.5) is 0 Å². The molecule has 1 aromatic carbocycles. The molecule has 0 saturated heterocycles. The largest absolute Gasteiger partial charge is 0.494 e. The predicted molar refractivity (Wildman–Crippen MR) is 83.3 cm³/mol. The molecule has 3 N–H and O–H groups in total. The maximum atomic E-state index is 11.8. The van der Waals surface area contributed by atoms with E-state index in [1.807, 2.05) is 24.3 Å². The first kappa shape index (κ1) is 15.3. The Morgan fingerprint density at radius 2 is 2.10 bits per heavy atom. The average Bonchev–Trinajstić information content (AvgIpc) is 2.44. The second-order valence-electron chi connectivity index (χ2n) is 5.59. The molecular formula is C16H21N3O2. The van der Waals surface area contributed by atoms with Gasteiger partial charge in [0.25, 0.3) is 5.56 Å². The monoisotopic (exact) mass is 287 g/mol. The molecule has 2 rings (SSSR count). The highest BCUT2D eigenvalue weighted by Crippen LogP contribution is 2.23. The first-order chi connectivity index (χ1) is 9.91. The molecule has 0 unspecified atom stereocenters. The van der Waals surface area contributed by atoms with Crippen molar-refractivity contribution in [2.24, 2.45) is 5.73 Å². The Bertz CT molecular complexity index is 672. The fourth-order valence-corrected chi connectivity index (χ4v) is 2.00. The summed E-state index contributed by atoms with van der Waals surface area (Å²) in [5, 5.41) is 6.61. The van der Waals surface area contributed by atoms with E-state index < -0.39 is 5.54 Å². The smallest absolute Gasteiger partial charge is 0.269 e. The second-order valence-corrected chi connectivity index (χ2v) is 5.59. The lowest BCUT2D eigenvalue weighted by molar-refractivity contribution is 0.317. The summed E-state index contributed by atoms with van der Waals surface area (Å²) in [6, 6.07) is 9.37. The molecule has 0 bridgehead atoms. The van der Waals surface area contributed by atoms with Crippen LogP contribution in [0.15, 0.2) is 35.1 Å². The number of rotatable bonds is 5. The first-order valence-electron chi connectivity index (χ1n) is 7.04. The molecule has 0 spiro atoms. The molecular weight excluding hydrogens is 266 g/mol. The highest BCUT2D eigenvalue weighted by atomic mass is 16.5. The van der Waals surface area contributed by atoms with Crippen molar-refractivity contribution in [3.05, 3.63) is 46.2 Å². The van der Waals surface area contributed by atoms with Crippen LogP contribution in [0.1, 0.15) is 32.8 Å². The molecule has 0 fully saturated rings. The number of aromatic nitrogens is 2. The van der Waals surface area contributed by atoms with Crippen molar-refractivity contribution in [3.8, 4) is 17.0 Å². The molecule has 2 aromatic rings. The van der Waals surface area contributed by atoms with E-state index in [4.69, 9.17) is 10.5 Å². The van der Waals surface area contributed by atoms with Crippen LogP contribution in [0.2, 0.25) is 0 Å². The summed E-state index contributed by atoms with van der Waals surface area (Å²) in [7, 11) is 0. The van der Waals surface area contributed by atoms with E-state index in [0.717, 1.165) is 17.7 Å². The number of nitrogens with one attached hydrogen (secondary N) is 1. The van der Waals surface area contributed by atoms with Gasteiger partial charge in [-0.25, -0.2) is 5.10 Å². The van der Waals surface area contributed by atoms with Gasteiger partial charge in [0.2, 0.25) is 0 Å². The van der Waals surface area contributed by atoms with E-state index in [1.165, 1.54) is 0 Å². The van der Waals surface area contributed by atoms with Crippen LogP contribution in [0.25, 0.3) is 11.3 Å². The van der Waals surface area contributed by atoms with Crippen LogP contribution in [0, 0.1) is 0 Å². The van der Waals surface area contributed by atoms with Crippen molar-refractivity contribution >= 4 is 0 Å². The normalized spacial score (nSPS) is 11.4. The minimum absolute atomic E-state index is 0.260. The summed E-state index contributed by atoms with van der Waals surface area (Å²) >= 11 is 0. The molecule has 0 amide bonds. The van der Waals surface area contributed by atoms with Gasteiger partial charge in [0, 0.05) is 16.7 Å². The van der Waals surface area contributed by atoms with Gasteiger partial charge in [0.1, 0.15) is 5.75 Å². The van der Waals surface area contributed by atoms with Crippen LogP contribution < -0.4 is 16.0 Å². The third-order valence-corrected chi connectivity index (χ3v) is 3.10. The molecule has 21 heavy (non-hydrogen) atoms. The Hall–Kier alpha value is -2.14. The summed E-state index contributed by atoms with van der Waals surface area (Å²) in [6.45, 7) is 6.32. The molecule has 0 aliphatic rings. The molecule has 112 valence electrons. The lowest BCUT2D eigenvalue weighted by Gasteiger charge is -2.18. The van der Waals surface area contributed by atoms with Gasteiger partial charge in [-0.1, -0.05) is 19.1 Å². The van der Waals surface area contributed by atoms with Crippen LogP contribution in [-0.4, -0.2) is 16.8 Å². The molecule has 0 aliphatic carbocycles. The van der Waals surface area contributed by atoms with Crippen LogP contribution in [-0.2, 0) is 5.54 Å².